The molecule has 0 saturated carbocycles. The van der Waals surface area contributed by atoms with Gasteiger partial charge in [0.05, 0.1) is 12.2 Å². The fourth-order valence-electron chi connectivity index (χ4n) is 3.36. The molecule has 3 rings (SSSR count). The molecule has 0 aliphatic rings. The van der Waals surface area contributed by atoms with E-state index < -0.39 is 0 Å². The average Bonchev–Trinajstić information content (AvgIpc) is 2.77. The molecule has 0 saturated heterocycles. The van der Waals surface area contributed by atoms with Gasteiger partial charge in [-0.25, -0.2) is 0 Å². The molecule has 1 N–H and O–H groups in total. The number of nitrogens with one attached hydrogen (secondary N) is 1. The van der Waals surface area contributed by atoms with Gasteiger partial charge < -0.3 is 14.6 Å². The number of pyridine rings is 1. The van der Waals surface area contributed by atoms with Gasteiger partial charge in [0.15, 0.2) is 0 Å². The van der Waals surface area contributed by atoms with Crippen LogP contribution in [0.4, 0.5) is 0 Å². The third kappa shape index (κ3) is 5.65. The lowest BCUT2D eigenvalue weighted by molar-refractivity contribution is 0.0951. The van der Waals surface area contributed by atoms with E-state index in [1.807, 2.05) is 36.4 Å². The van der Waals surface area contributed by atoms with Crippen LogP contribution in [0.5, 0.6) is 0 Å². The molecule has 1 amide bonds. The summed E-state index contributed by atoms with van der Waals surface area (Å²) in [6.45, 7) is 1.37. The maximum Gasteiger partial charge on any atom is 0.252 e. The van der Waals surface area contributed by atoms with Gasteiger partial charge in [-0.15, -0.1) is 0 Å². The summed E-state index contributed by atoms with van der Waals surface area (Å²) >= 11 is 0. The van der Waals surface area contributed by atoms with Gasteiger partial charge in [0.2, 0.25) is 0 Å². The molecular formula is C24H26N2O3. The lowest BCUT2D eigenvalue weighted by Gasteiger charge is -2.18. The Kier molecular flexibility index (Phi) is 7.36. The molecule has 0 fully saturated rings. The zero-order valence-corrected chi connectivity index (χ0v) is 16.6. The number of amides is 1. The fraction of sp³-hybridized carbons (Fsp3) is 0.250. The van der Waals surface area contributed by atoms with Crippen LogP contribution in [0.25, 0.3) is 0 Å². The molecule has 1 aromatic heterocycles. The van der Waals surface area contributed by atoms with Crippen molar-refractivity contribution in [1.29, 1.82) is 0 Å². The Balaban J connectivity index is 1.67. The van der Waals surface area contributed by atoms with E-state index in [2.05, 4.69) is 29.6 Å². The number of rotatable bonds is 9. The van der Waals surface area contributed by atoms with Crippen molar-refractivity contribution in [2.45, 2.75) is 18.9 Å². The first-order valence-corrected chi connectivity index (χ1v) is 9.76. The molecule has 29 heavy (non-hydrogen) atoms. The number of aromatic nitrogens is 1. The second kappa shape index (κ2) is 10.4. The van der Waals surface area contributed by atoms with Crippen molar-refractivity contribution in [3.63, 3.8) is 0 Å². The standard InChI is InChI=1S/C24H26N2O3/c1-29-17-16-26-18-21(12-13-23(26)27)24(28)25-15-14-22(19-8-4-2-5-9-19)20-10-6-3-7-11-20/h2-13,18,22H,14-17H2,1H3,(H,25,28). The van der Waals surface area contributed by atoms with Crippen molar-refractivity contribution < 1.29 is 9.53 Å². The lowest BCUT2D eigenvalue weighted by Crippen LogP contribution is -2.28. The van der Waals surface area contributed by atoms with Crippen molar-refractivity contribution in [2.75, 3.05) is 20.3 Å². The van der Waals surface area contributed by atoms with Crippen LogP contribution >= 0.6 is 0 Å². The lowest BCUT2D eigenvalue weighted by atomic mass is 9.88. The van der Waals surface area contributed by atoms with E-state index >= 15 is 0 Å². The van der Waals surface area contributed by atoms with Crippen LogP contribution in [0.15, 0.2) is 83.8 Å². The predicted octanol–water partition coefficient (Wildman–Crippen LogP) is 3.45. The molecule has 150 valence electrons. The Morgan fingerprint density at radius 3 is 2.17 bits per heavy atom. The Labute approximate surface area is 171 Å². The molecule has 2 aromatic carbocycles. The number of nitrogens with zero attached hydrogens (tertiary/aromatic N) is 1. The molecule has 3 aromatic rings. The van der Waals surface area contributed by atoms with Crippen LogP contribution in [0, 0.1) is 0 Å². The summed E-state index contributed by atoms with van der Waals surface area (Å²) in [7, 11) is 1.58. The summed E-state index contributed by atoms with van der Waals surface area (Å²) in [6.07, 6.45) is 2.37. The second-order valence-corrected chi connectivity index (χ2v) is 6.86. The average molecular weight is 390 g/mol. The van der Waals surface area contributed by atoms with Crippen molar-refractivity contribution >= 4 is 5.91 Å². The highest BCUT2D eigenvalue weighted by Gasteiger charge is 2.15. The number of methoxy groups -OCH3 is 1. The molecule has 1 heterocycles. The summed E-state index contributed by atoms with van der Waals surface area (Å²) in [6, 6.07) is 23.6. The topological polar surface area (TPSA) is 60.3 Å². The first-order chi connectivity index (χ1) is 14.2. The Bertz CT molecular complexity index is 929. The van der Waals surface area contributed by atoms with Crippen LogP contribution in [-0.2, 0) is 11.3 Å². The molecule has 0 unspecified atom stereocenters. The summed E-state index contributed by atoms with van der Waals surface area (Å²) in [4.78, 5) is 24.5. The van der Waals surface area contributed by atoms with Crippen molar-refractivity contribution in [1.82, 2.24) is 9.88 Å². The highest BCUT2D eigenvalue weighted by molar-refractivity contribution is 5.93. The molecule has 5 heteroatoms. The minimum Gasteiger partial charge on any atom is -0.383 e. The maximum absolute atomic E-state index is 12.6. The Morgan fingerprint density at radius 2 is 1.59 bits per heavy atom. The van der Waals surface area contributed by atoms with Crippen LogP contribution in [0.2, 0.25) is 0 Å². The predicted molar refractivity (Wildman–Crippen MR) is 114 cm³/mol. The van der Waals surface area contributed by atoms with Gasteiger partial charge in [-0.2, -0.15) is 0 Å². The minimum atomic E-state index is -0.184. The molecule has 0 aliphatic carbocycles. The van der Waals surface area contributed by atoms with Gasteiger partial charge in [-0.05, 0) is 23.6 Å². The summed E-state index contributed by atoms with van der Waals surface area (Å²) in [5, 5.41) is 2.99. The molecule has 0 atom stereocenters. The number of carbonyl (C=O) groups is 1. The number of benzene rings is 2. The number of ether oxygens (including phenoxy) is 1. The van der Waals surface area contributed by atoms with Gasteiger partial charge in [-0.1, -0.05) is 60.7 Å². The number of carbonyl (C=O) groups excluding carboxylic acids is 1. The summed E-state index contributed by atoms with van der Waals surface area (Å²) in [5.41, 5.74) is 2.77. The van der Waals surface area contributed by atoms with E-state index in [4.69, 9.17) is 4.74 Å². The smallest absolute Gasteiger partial charge is 0.252 e. The molecule has 0 aliphatic heterocycles. The van der Waals surface area contributed by atoms with Crippen molar-refractivity contribution in [3.8, 4) is 0 Å². The van der Waals surface area contributed by atoms with Crippen LogP contribution in [-0.4, -0.2) is 30.7 Å². The molecule has 0 bridgehead atoms. The first kappa shape index (κ1) is 20.6. The monoisotopic (exact) mass is 390 g/mol. The van der Waals surface area contributed by atoms with Gasteiger partial charge in [0, 0.05) is 38.4 Å². The zero-order chi connectivity index (χ0) is 20.5. The van der Waals surface area contributed by atoms with Crippen molar-refractivity contribution in [3.05, 3.63) is 106 Å². The first-order valence-electron chi connectivity index (χ1n) is 9.76. The Morgan fingerprint density at radius 1 is 0.966 bits per heavy atom. The maximum atomic E-state index is 12.6. The zero-order valence-electron chi connectivity index (χ0n) is 16.6. The van der Waals surface area contributed by atoms with E-state index in [1.165, 1.54) is 21.8 Å². The van der Waals surface area contributed by atoms with Gasteiger partial charge in [0.25, 0.3) is 11.5 Å². The van der Waals surface area contributed by atoms with Gasteiger partial charge in [0.1, 0.15) is 0 Å². The normalized spacial score (nSPS) is 10.8. The SMILES string of the molecule is COCCn1cc(C(=O)NCCC(c2ccccc2)c2ccccc2)ccc1=O. The van der Waals surface area contributed by atoms with Crippen molar-refractivity contribution in [2.24, 2.45) is 0 Å². The summed E-state index contributed by atoms with van der Waals surface area (Å²) < 4.78 is 6.51. The van der Waals surface area contributed by atoms with E-state index in [9.17, 15) is 9.59 Å². The van der Waals surface area contributed by atoms with Crippen LogP contribution < -0.4 is 10.9 Å². The third-order valence-electron chi connectivity index (χ3n) is 4.90. The van der Waals surface area contributed by atoms with Crippen LogP contribution in [0.1, 0.15) is 33.8 Å². The molecule has 0 spiro atoms. The second-order valence-electron chi connectivity index (χ2n) is 6.86. The largest absolute Gasteiger partial charge is 0.383 e. The number of hydrogen-bond acceptors (Lipinski definition) is 3. The van der Waals surface area contributed by atoms with E-state index in [0.717, 1.165) is 6.42 Å². The highest BCUT2D eigenvalue weighted by Crippen LogP contribution is 2.27. The van der Waals surface area contributed by atoms with E-state index in [-0.39, 0.29) is 17.4 Å². The molecule has 5 nitrogen and oxygen atoms in total. The van der Waals surface area contributed by atoms with Gasteiger partial charge >= 0.3 is 0 Å². The van der Waals surface area contributed by atoms with E-state index in [0.29, 0.717) is 25.3 Å². The quantitative estimate of drug-likeness (QED) is 0.609. The third-order valence-corrected chi connectivity index (χ3v) is 4.90. The summed E-state index contributed by atoms with van der Waals surface area (Å²) in [5.74, 6) is 0.0180. The van der Waals surface area contributed by atoms with Crippen LogP contribution in [0.3, 0.4) is 0 Å². The highest BCUT2D eigenvalue weighted by atomic mass is 16.5. The molecular weight excluding hydrogens is 364 g/mol. The van der Waals surface area contributed by atoms with Gasteiger partial charge in [-0.3, -0.25) is 9.59 Å². The number of hydrogen-bond donors (Lipinski definition) is 1. The van der Waals surface area contributed by atoms with E-state index in [1.54, 1.807) is 19.4 Å². The minimum absolute atomic E-state index is 0.146. The molecule has 0 radical (unpaired) electrons. The fourth-order valence-corrected chi connectivity index (χ4v) is 3.36. The Hall–Kier alpha value is -3.18.